The van der Waals surface area contributed by atoms with Gasteiger partial charge in [-0.25, -0.2) is 0 Å². The van der Waals surface area contributed by atoms with Crippen molar-refractivity contribution in [3.63, 3.8) is 0 Å². The van der Waals surface area contributed by atoms with E-state index in [0.717, 1.165) is 0 Å². The average molecular weight is 198 g/mol. The molecule has 0 saturated carbocycles. The molecule has 1 unspecified atom stereocenters. The molecule has 1 aromatic rings. The van der Waals surface area contributed by atoms with E-state index in [4.69, 9.17) is 5.11 Å². The number of hydrogen-bond donors (Lipinski definition) is 1. The molecule has 3 nitrogen and oxygen atoms in total. The first-order valence-corrected chi connectivity index (χ1v) is 4.90. The summed E-state index contributed by atoms with van der Waals surface area (Å²) in [5.41, 5.74) is 0.499. The van der Waals surface area contributed by atoms with E-state index >= 15 is 0 Å². The molecule has 0 aromatic carbocycles. The fraction of sp³-hybridized carbons (Fsp3) is 0.333. The molecule has 0 aliphatic rings. The van der Waals surface area contributed by atoms with E-state index in [1.165, 1.54) is 11.3 Å². The summed E-state index contributed by atoms with van der Waals surface area (Å²) in [4.78, 5) is 22.2. The lowest BCUT2D eigenvalue weighted by Gasteiger charge is -2.05. The van der Waals surface area contributed by atoms with Crippen molar-refractivity contribution < 1.29 is 14.7 Å². The van der Waals surface area contributed by atoms with Crippen LogP contribution in [0.15, 0.2) is 16.8 Å². The number of carboxylic acid groups (broad SMARTS) is 1. The number of ketones is 1. The molecule has 0 aliphatic heterocycles. The smallest absolute Gasteiger partial charge is 0.314 e. The van der Waals surface area contributed by atoms with Gasteiger partial charge in [0, 0.05) is 10.9 Å². The van der Waals surface area contributed by atoms with E-state index in [-0.39, 0.29) is 5.78 Å². The van der Waals surface area contributed by atoms with Gasteiger partial charge in [0.25, 0.3) is 0 Å². The summed E-state index contributed by atoms with van der Waals surface area (Å²) in [6.07, 6.45) is 0.337. The predicted molar refractivity (Wildman–Crippen MR) is 50.1 cm³/mol. The molecular formula is C9H10O3S. The van der Waals surface area contributed by atoms with Crippen molar-refractivity contribution in [2.75, 3.05) is 0 Å². The Morgan fingerprint density at radius 1 is 1.62 bits per heavy atom. The standard InChI is InChI=1S/C9H10O3S/c1-2-7(9(11)12)8(10)6-3-4-13-5-6/h3-5,7H,2H2,1H3,(H,11,12). The summed E-state index contributed by atoms with van der Waals surface area (Å²) in [6.45, 7) is 1.70. The predicted octanol–water partition coefficient (Wildman–Crippen LogP) is 2.04. The highest BCUT2D eigenvalue weighted by Crippen LogP contribution is 2.15. The summed E-state index contributed by atoms with van der Waals surface area (Å²) in [5.74, 6) is -2.23. The molecule has 0 spiro atoms. The third-order valence-electron chi connectivity index (χ3n) is 1.83. The minimum atomic E-state index is -1.04. The van der Waals surface area contributed by atoms with Crippen LogP contribution >= 0.6 is 11.3 Å². The van der Waals surface area contributed by atoms with Gasteiger partial charge in [-0.3, -0.25) is 9.59 Å². The monoisotopic (exact) mass is 198 g/mol. The van der Waals surface area contributed by atoms with Gasteiger partial charge in [0.05, 0.1) is 0 Å². The zero-order valence-electron chi connectivity index (χ0n) is 7.19. The first-order chi connectivity index (χ1) is 6.16. The summed E-state index contributed by atoms with van der Waals surface area (Å²) >= 11 is 1.39. The molecule has 0 amide bonds. The molecule has 70 valence electrons. The molecule has 4 heteroatoms. The fourth-order valence-corrected chi connectivity index (χ4v) is 1.72. The van der Waals surface area contributed by atoms with Gasteiger partial charge in [-0.05, 0) is 17.9 Å². The van der Waals surface area contributed by atoms with Crippen LogP contribution in [-0.2, 0) is 4.79 Å². The van der Waals surface area contributed by atoms with Crippen molar-refractivity contribution in [1.82, 2.24) is 0 Å². The number of Topliss-reactive ketones (excluding diaryl/α,β-unsaturated/α-hetero) is 1. The van der Waals surface area contributed by atoms with Crippen LogP contribution in [0.4, 0.5) is 0 Å². The maximum absolute atomic E-state index is 11.5. The van der Waals surface area contributed by atoms with Crippen molar-refractivity contribution in [3.8, 4) is 0 Å². The highest BCUT2D eigenvalue weighted by atomic mass is 32.1. The van der Waals surface area contributed by atoms with E-state index < -0.39 is 11.9 Å². The number of carbonyl (C=O) groups is 2. The van der Waals surface area contributed by atoms with E-state index in [1.807, 2.05) is 0 Å². The first kappa shape index (κ1) is 9.92. The fourth-order valence-electron chi connectivity index (χ4n) is 1.08. The maximum atomic E-state index is 11.5. The van der Waals surface area contributed by atoms with Crippen LogP contribution in [0.1, 0.15) is 23.7 Å². The third-order valence-corrected chi connectivity index (χ3v) is 2.51. The second-order valence-corrected chi connectivity index (χ2v) is 3.46. The minimum absolute atomic E-state index is 0.295. The second kappa shape index (κ2) is 4.18. The van der Waals surface area contributed by atoms with Gasteiger partial charge in [-0.15, -0.1) is 0 Å². The summed E-state index contributed by atoms with van der Waals surface area (Å²) < 4.78 is 0. The average Bonchev–Trinajstić information content (AvgIpc) is 2.56. The molecule has 1 aromatic heterocycles. The van der Waals surface area contributed by atoms with E-state index in [1.54, 1.807) is 23.8 Å². The van der Waals surface area contributed by atoms with Gasteiger partial charge in [0.1, 0.15) is 5.92 Å². The Morgan fingerprint density at radius 3 is 2.69 bits per heavy atom. The highest BCUT2D eigenvalue weighted by molar-refractivity contribution is 7.08. The van der Waals surface area contributed by atoms with E-state index in [0.29, 0.717) is 12.0 Å². The Hall–Kier alpha value is -1.16. The van der Waals surface area contributed by atoms with Crippen LogP contribution in [0.25, 0.3) is 0 Å². The number of rotatable bonds is 4. The van der Waals surface area contributed by atoms with Crippen LogP contribution in [0.2, 0.25) is 0 Å². The van der Waals surface area contributed by atoms with E-state index in [9.17, 15) is 9.59 Å². The lowest BCUT2D eigenvalue weighted by atomic mass is 9.97. The topological polar surface area (TPSA) is 54.4 Å². The van der Waals surface area contributed by atoms with Crippen LogP contribution in [0.5, 0.6) is 0 Å². The zero-order valence-corrected chi connectivity index (χ0v) is 8.00. The molecule has 0 fully saturated rings. The molecular weight excluding hydrogens is 188 g/mol. The Bertz CT molecular complexity index is 303. The molecule has 1 atom stereocenters. The Balaban J connectivity index is 2.83. The van der Waals surface area contributed by atoms with Crippen molar-refractivity contribution in [2.24, 2.45) is 5.92 Å². The molecule has 0 saturated heterocycles. The van der Waals surface area contributed by atoms with E-state index in [2.05, 4.69) is 0 Å². The number of carboxylic acids is 1. The lowest BCUT2D eigenvalue weighted by Crippen LogP contribution is -2.22. The van der Waals surface area contributed by atoms with Gasteiger partial charge in [-0.1, -0.05) is 6.92 Å². The zero-order chi connectivity index (χ0) is 9.84. The van der Waals surface area contributed by atoms with Crippen LogP contribution in [-0.4, -0.2) is 16.9 Å². The van der Waals surface area contributed by atoms with Crippen LogP contribution in [0, 0.1) is 5.92 Å². The summed E-state index contributed by atoms with van der Waals surface area (Å²) in [6, 6.07) is 1.65. The molecule has 1 rings (SSSR count). The number of aliphatic carboxylic acids is 1. The minimum Gasteiger partial charge on any atom is -0.481 e. The highest BCUT2D eigenvalue weighted by Gasteiger charge is 2.25. The number of carbonyl (C=O) groups excluding carboxylic acids is 1. The summed E-state index contributed by atoms with van der Waals surface area (Å²) in [7, 11) is 0. The van der Waals surface area contributed by atoms with Crippen molar-refractivity contribution >= 4 is 23.1 Å². The van der Waals surface area contributed by atoms with Gasteiger partial charge in [0.15, 0.2) is 5.78 Å². The largest absolute Gasteiger partial charge is 0.481 e. The first-order valence-electron chi connectivity index (χ1n) is 3.96. The summed E-state index contributed by atoms with van der Waals surface area (Å²) in [5, 5.41) is 12.2. The molecule has 0 radical (unpaired) electrons. The quantitative estimate of drug-likeness (QED) is 0.595. The lowest BCUT2D eigenvalue weighted by molar-refractivity contribution is -0.140. The molecule has 1 heterocycles. The second-order valence-electron chi connectivity index (χ2n) is 2.68. The Morgan fingerprint density at radius 2 is 2.31 bits per heavy atom. The molecule has 13 heavy (non-hydrogen) atoms. The molecule has 0 aliphatic carbocycles. The SMILES string of the molecule is CCC(C(=O)O)C(=O)c1ccsc1. The van der Waals surface area contributed by atoms with Gasteiger partial charge in [-0.2, -0.15) is 11.3 Å². The number of thiophene rings is 1. The maximum Gasteiger partial charge on any atom is 0.314 e. The Kier molecular flexibility index (Phi) is 3.19. The molecule has 1 N–H and O–H groups in total. The van der Waals surface area contributed by atoms with Crippen molar-refractivity contribution in [1.29, 1.82) is 0 Å². The van der Waals surface area contributed by atoms with Gasteiger partial charge in [0.2, 0.25) is 0 Å². The van der Waals surface area contributed by atoms with Crippen LogP contribution < -0.4 is 0 Å². The Labute approximate surface area is 80.0 Å². The number of hydrogen-bond acceptors (Lipinski definition) is 3. The normalized spacial score (nSPS) is 12.4. The van der Waals surface area contributed by atoms with Gasteiger partial charge < -0.3 is 5.11 Å². The van der Waals surface area contributed by atoms with Gasteiger partial charge >= 0.3 is 5.97 Å². The molecule has 0 bridgehead atoms. The van der Waals surface area contributed by atoms with Crippen molar-refractivity contribution in [3.05, 3.63) is 22.4 Å². The third kappa shape index (κ3) is 2.15. The van der Waals surface area contributed by atoms with Crippen LogP contribution in [0.3, 0.4) is 0 Å². The van der Waals surface area contributed by atoms with Crippen molar-refractivity contribution in [2.45, 2.75) is 13.3 Å².